The van der Waals surface area contributed by atoms with Crippen LogP contribution in [0.2, 0.25) is 0 Å². The number of nitrogens with zero attached hydrogens (tertiary/aromatic N) is 1. The highest BCUT2D eigenvalue weighted by atomic mass is 32.2. The number of halogens is 5. The van der Waals surface area contributed by atoms with E-state index in [1.165, 1.54) is 36.0 Å². The Balaban J connectivity index is 1.85. The van der Waals surface area contributed by atoms with Crippen LogP contribution < -0.4 is 4.90 Å². The third kappa shape index (κ3) is 3.61. The number of alkyl halides is 3. The predicted molar refractivity (Wildman–Crippen MR) is 89.8 cm³/mol. The molecule has 1 saturated heterocycles. The van der Waals surface area contributed by atoms with E-state index in [0.29, 0.717) is 13.0 Å². The Labute approximate surface area is 146 Å². The Morgan fingerprint density at radius 3 is 2.32 bits per heavy atom. The zero-order valence-electron chi connectivity index (χ0n) is 13.4. The van der Waals surface area contributed by atoms with Gasteiger partial charge in [-0.05, 0) is 42.5 Å². The first kappa shape index (κ1) is 18.0. The van der Waals surface area contributed by atoms with Crippen LogP contribution in [0.5, 0.6) is 0 Å². The van der Waals surface area contributed by atoms with Gasteiger partial charge in [-0.15, -0.1) is 11.8 Å². The minimum absolute atomic E-state index is 0.0394. The summed E-state index contributed by atoms with van der Waals surface area (Å²) in [5.74, 6) is -1.84. The normalized spacial score (nSPS) is 21.0. The minimum Gasteiger partial charge on any atom is -0.356 e. The molecule has 0 aromatic heterocycles. The second-order valence-electron chi connectivity index (χ2n) is 5.97. The summed E-state index contributed by atoms with van der Waals surface area (Å²) in [5, 5.41) is -0.0661. The van der Waals surface area contributed by atoms with E-state index in [4.69, 9.17) is 0 Å². The standard InChI is InChI=1S/C18H16F5NS/c1-25-16-9-12(11-5-7-13(8-6-11)18(21,22)23)10-24(16)15-4-2-3-14(19)17(15)20/h2-8,12,16H,9-10H2,1H3. The van der Waals surface area contributed by atoms with Crippen LogP contribution in [0.25, 0.3) is 0 Å². The van der Waals surface area contributed by atoms with E-state index in [-0.39, 0.29) is 17.0 Å². The van der Waals surface area contributed by atoms with Gasteiger partial charge in [-0.25, -0.2) is 8.78 Å². The van der Waals surface area contributed by atoms with Crippen molar-refractivity contribution in [2.75, 3.05) is 17.7 Å². The smallest absolute Gasteiger partial charge is 0.356 e. The average Bonchev–Trinajstić information content (AvgIpc) is 3.01. The molecule has 7 heteroatoms. The van der Waals surface area contributed by atoms with Crippen molar-refractivity contribution in [2.24, 2.45) is 0 Å². The van der Waals surface area contributed by atoms with Crippen molar-refractivity contribution in [1.82, 2.24) is 0 Å². The molecule has 2 aromatic carbocycles. The molecule has 2 unspecified atom stereocenters. The number of rotatable bonds is 3. The van der Waals surface area contributed by atoms with Crippen LogP contribution in [0.15, 0.2) is 42.5 Å². The van der Waals surface area contributed by atoms with E-state index < -0.39 is 23.4 Å². The molecule has 2 atom stereocenters. The predicted octanol–water partition coefficient (Wildman–Crippen LogP) is 5.67. The summed E-state index contributed by atoms with van der Waals surface area (Å²) in [4.78, 5) is 1.78. The lowest BCUT2D eigenvalue weighted by Crippen LogP contribution is -2.27. The highest BCUT2D eigenvalue weighted by Crippen LogP contribution is 2.40. The molecule has 0 radical (unpaired) electrons. The number of benzene rings is 2. The highest BCUT2D eigenvalue weighted by Gasteiger charge is 2.35. The fourth-order valence-corrected chi connectivity index (χ4v) is 4.06. The summed E-state index contributed by atoms with van der Waals surface area (Å²) >= 11 is 1.51. The first-order valence-electron chi connectivity index (χ1n) is 7.72. The second-order valence-corrected chi connectivity index (χ2v) is 6.98. The van der Waals surface area contributed by atoms with Gasteiger partial charge in [-0.2, -0.15) is 13.2 Å². The maximum absolute atomic E-state index is 14.1. The first-order valence-corrected chi connectivity index (χ1v) is 9.00. The number of thioether (sulfide) groups is 1. The monoisotopic (exact) mass is 373 g/mol. The summed E-state index contributed by atoms with van der Waals surface area (Å²) in [7, 11) is 0. The van der Waals surface area contributed by atoms with E-state index in [0.717, 1.165) is 23.8 Å². The largest absolute Gasteiger partial charge is 0.416 e. The zero-order chi connectivity index (χ0) is 18.2. The summed E-state index contributed by atoms with van der Waals surface area (Å²) < 4.78 is 65.7. The van der Waals surface area contributed by atoms with Crippen LogP contribution in [-0.2, 0) is 6.18 Å². The van der Waals surface area contributed by atoms with Crippen LogP contribution in [0.3, 0.4) is 0 Å². The molecule has 1 heterocycles. The second kappa shape index (κ2) is 6.86. The summed E-state index contributed by atoms with van der Waals surface area (Å²) in [6.45, 7) is 0.428. The highest BCUT2D eigenvalue weighted by molar-refractivity contribution is 7.99. The number of anilines is 1. The quantitative estimate of drug-likeness (QED) is 0.638. The Hall–Kier alpha value is -1.76. The third-order valence-corrected chi connectivity index (χ3v) is 5.46. The first-order chi connectivity index (χ1) is 11.8. The van der Waals surface area contributed by atoms with Crippen molar-refractivity contribution in [3.8, 4) is 0 Å². The molecule has 2 aromatic rings. The summed E-state index contributed by atoms with van der Waals surface area (Å²) in [5.41, 5.74) is 0.267. The third-order valence-electron chi connectivity index (χ3n) is 4.47. The van der Waals surface area contributed by atoms with Crippen LogP contribution in [0.4, 0.5) is 27.6 Å². The van der Waals surface area contributed by atoms with Gasteiger partial charge in [0.2, 0.25) is 0 Å². The van der Waals surface area contributed by atoms with Gasteiger partial charge in [-0.1, -0.05) is 18.2 Å². The van der Waals surface area contributed by atoms with E-state index in [1.54, 1.807) is 4.90 Å². The lowest BCUT2D eigenvalue weighted by atomic mass is 9.97. The van der Waals surface area contributed by atoms with Crippen LogP contribution in [0.1, 0.15) is 23.5 Å². The molecule has 0 aliphatic carbocycles. The fraction of sp³-hybridized carbons (Fsp3) is 0.333. The lowest BCUT2D eigenvalue weighted by molar-refractivity contribution is -0.137. The molecule has 25 heavy (non-hydrogen) atoms. The van der Waals surface area contributed by atoms with Gasteiger partial charge >= 0.3 is 6.18 Å². The Kier molecular flexibility index (Phi) is 4.95. The molecule has 134 valence electrons. The molecule has 0 N–H and O–H groups in total. The van der Waals surface area contributed by atoms with Gasteiger partial charge in [0.25, 0.3) is 0 Å². The van der Waals surface area contributed by atoms with Crippen molar-refractivity contribution < 1.29 is 22.0 Å². The van der Waals surface area contributed by atoms with Crippen molar-refractivity contribution in [2.45, 2.75) is 23.9 Å². The van der Waals surface area contributed by atoms with Gasteiger partial charge in [-0.3, -0.25) is 0 Å². The molecule has 0 saturated carbocycles. The van der Waals surface area contributed by atoms with Gasteiger partial charge in [0.1, 0.15) is 0 Å². The van der Waals surface area contributed by atoms with Crippen LogP contribution in [0, 0.1) is 11.6 Å². The van der Waals surface area contributed by atoms with Crippen molar-refractivity contribution >= 4 is 17.4 Å². The molecule has 1 fully saturated rings. The molecular weight excluding hydrogens is 357 g/mol. The Morgan fingerprint density at radius 1 is 1.04 bits per heavy atom. The van der Waals surface area contributed by atoms with Gasteiger partial charge in [0, 0.05) is 12.5 Å². The molecule has 0 bridgehead atoms. The maximum Gasteiger partial charge on any atom is 0.416 e. The van der Waals surface area contributed by atoms with E-state index in [9.17, 15) is 22.0 Å². The van der Waals surface area contributed by atoms with Crippen molar-refractivity contribution in [3.05, 3.63) is 65.2 Å². The van der Waals surface area contributed by atoms with Crippen LogP contribution in [-0.4, -0.2) is 18.2 Å². The number of hydrogen-bond donors (Lipinski definition) is 0. The lowest BCUT2D eigenvalue weighted by Gasteiger charge is -2.25. The Morgan fingerprint density at radius 2 is 1.72 bits per heavy atom. The van der Waals surface area contributed by atoms with Crippen LogP contribution >= 0.6 is 11.8 Å². The molecule has 0 amide bonds. The van der Waals surface area contributed by atoms with Gasteiger partial charge in [0.05, 0.1) is 16.6 Å². The number of hydrogen-bond acceptors (Lipinski definition) is 2. The molecule has 1 aliphatic heterocycles. The fourth-order valence-electron chi connectivity index (χ4n) is 3.18. The van der Waals surface area contributed by atoms with E-state index >= 15 is 0 Å². The maximum atomic E-state index is 14.1. The summed E-state index contributed by atoms with van der Waals surface area (Å²) in [6.07, 6.45) is -1.83. The van der Waals surface area contributed by atoms with E-state index in [1.807, 2.05) is 6.26 Å². The zero-order valence-corrected chi connectivity index (χ0v) is 14.2. The van der Waals surface area contributed by atoms with Crippen molar-refractivity contribution in [1.29, 1.82) is 0 Å². The molecule has 3 rings (SSSR count). The molecular formula is C18H16F5NS. The summed E-state index contributed by atoms with van der Waals surface area (Å²) in [6, 6.07) is 9.11. The topological polar surface area (TPSA) is 3.24 Å². The average molecular weight is 373 g/mol. The molecule has 1 nitrogen and oxygen atoms in total. The molecule has 0 spiro atoms. The molecule has 1 aliphatic rings. The van der Waals surface area contributed by atoms with E-state index in [2.05, 4.69) is 0 Å². The SMILES string of the molecule is CSC1CC(c2ccc(C(F)(F)F)cc2)CN1c1cccc(F)c1F. The Bertz CT molecular complexity index is 744. The van der Waals surface area contributed by atoms with Crippen molar-refractivity contribution in [3.63, 3.8) is 0 Å². The van der Waals surface area contributed by atoms with Gasteiger partial charge < -0.3 is 4.90 Å². The van der Waals surface area contributed by atoms with Gasteiger partial charge in [0.15, 0.2) is 11.6 Å². The minimum atomic E-state index is -4.37.